The van der Waals surface area contributed by atoms with Crippen LogP contribution >= 0.6 is 11.6 Å². The molecular weight excluding hydrogens is 407 g/mol. The molecule has 4 rings (SSSR count). The van der Waals surface area contributed by atoms with Crippen molar-refractivity contribution in [1.82, 2.24) is 20.2 Å². The van der Waals surface area contributed by atoms with Gasteiger partial charge in [-0.05, 0) is 48.4 Å². The Bertz CT molecular complexity index is 1130. The Morgan fingerprint density at radius 2 is 1.97 bits per heavy atom. The van der Waals surface area contributed by atoms with E-state index in [1.54, 1.807) is 43.4 Å². The predicted octanol–water partition coefficient (Wildman–Crippen LogP) is 3.94. The molecule has 0 bridgehead atoms. The molecular formula is C21H20ClFN6O. The Morgan fingerprint density at radius 1 is 1.20 bits per heavy atom. The molecule has 1 amide bonds. The van der Waals surface area contributed by atoms with Gasteiger partial charge in [0.25, 0.3) is 11.9 Å². The summed E-state index contributed by atoms with van der Waals surface area (Å²) in [7, 11) is 1.70. The van der Waals surface area contributed by atoms with Gasteiger partial charge in [0.05, 0.1) is 12.7 Å². The molecule has 1 aromatic heterocycles. The number of hydrogen-bond donors (Lipinski definition) is 1. The molecule has 2 aromatic carbocycles. The normalized spacial score (nSPS) is 14.2. The molecule has 30 heavy (non-hydrogen) atoms. The quantitative estimate of drug-likeness (QED) is 0.683. The Morgan fingerprint density at radius 3 is 2.67 bits per heavy atom. The van der Waals surface area contributed by atoms with Crippen molar-refractivity contribution >= 4 is 34.7 Å². The zero-order chi connectivity index (χ0) is 21.3. The highest BCUT2D eigenvalue weighted by molar-refractivity contribution is 6.34. The van der Waals surface area contributed by atoms with Crippen LogP contribution in [0.15, 0.2) is 48.0 Å². The smallest absolute Gasteiger partial charge is 0.266 e. The van der Waals surface area contributed by atoms with E-state index in [2.05, 4.69) is 20.7 Å². The third-order valence-electron chi connectivity index (χ3n) is 5.09. The minimum Gasteiger partial charge on any atom is -0.334 e. The molecule has 2 heterocycles. The van der Waals surface area contributed by atoms with Gasteiger partial charge in [-0.2, -0.15) is 4.80 Å². The molecule has 0 radical (unpaired) electrons. The number of carbonyl (C=O) groups is 1. The average molecular weight is 427 g/mol. The van der Waals surface area contributed by atoms with Gasteiger partial charge < -0.3 is 10.2 Å². The number of anilines is 2. The summed E-state index contributed by atoms with van der Waals surface area (Å²) in [6.45, 7) is 3.15. The van der Waals surface area contributed by atoms with Crippen molar-refractivity contribution < 1.29 is 9.18 Å². The van der Waals surface area contributed by atoms with Gasteiger partial charge in [0.15, 0.2) is 5.82 Å². The van der Waals surface area contributed by atoms with Gasteiger partial charge in [-0.25, -0.2) is 4.39 Å². The fourth-order valence-electron chi connectivity index (χ4n) is 3.41. The fourth-order valence-corrected chi connectivity index (χ4v) is 3.62. The second-order valence-electron chi connectivity index (χ2n) is 7.12. The molecule has 1 N–H and O–H groups in total. The standard InChI is InChI=1S/C21H20ClFN6O/c1-13-10-11-29(21-25-27-28(2)26-21)12-16(13)15-8-9-17(18(22)19(15)23)24-20(30)14-6-4-3-5-7-14/h3-9H,10-12H2,1-2H3,(H,24,30). The third kappa shape index (κ3) is 3.91. The fraction of sp³-hybridized carbons (Fsp3) is 0.238. The van der Waals surface area contributed by atoms with E-state index in [9.17, 15) is 4.79 Å². The van der Waals surface area contributed by atoms with Crippen molar-refractivity contribution in [2.24, 2.45) is 7.05 Å². The highest BCUT2D eigenvalue weighted by Gasteiger charge is 2.24. The van der Waals surface area contributed by atoms with Crippen LogP contribution in [0.25, 0.3) is 5.57 Å². The molecule has 0 atom stereocenters. The lowest BCUT2D eigenvalue weighted by Gasteiger charge is -2.29. The lowest BCUT2D eigenvalue weighted by molar-refractivity contribution is 0.102. The molecule has 0 spiro atoms. The molecule has 1 aliphatic rings. The van der Waals surface area contributed by atoms with Gasteiger partial charge in [-0.1, -0.05) is 40.5 Å². The van der Waals surface area contributed by atoms with Crippen LogP contribution in [-0.2, 0) is 7.05 Å². The first-order valence-electron chi connectivity index (χ1n) is 9.46. The third-order valence-corrected chi connectivity index (χ3v) is 5.46. The van der Waals surface area contributed by atoms with Crippen LogP contribution < -0.4 is 10.2 Å². The number of aromatic nitrogens is 4. The van der Waals surface area contributed by atoms with E-state index in [-0.39, 0.29) is 16.6 Å². The largest absolute Gasteiger partial charge is 0.334 e. The summed E-state index contributed by atoms with van der Waals surface area (Å²) in [5, 5.41) is 14.7. The number of hydrogen-bond acceptors (Lipinski definition) is 5. The van der Waals surface area contributed by atoms with Crippen molar-refractivity contribution in [1.29, 1.82) is 0 Å². The van der Waals surface area contributed by atoms with Crippen LogP contribution in [0.5, 0.6) is 0 Å². The van der Waals surface area contributed by atoms with Gasteiger partial charge in [0, 0.05) is 24.2 Å². The van der Waals surface area contributed by atoms with Crippen molar-refractivity contribution in [2.75, 3.05) is 23.3 Å². The van der Waals surface area contributed by atoms with Gasteiger partial charge in [0.2, 0.25) is 0 Å². The number of carbonyl (C=O) groups excluding carboxylic acids is 1. The van der Waals surface area contributed by atoms with Crippen molar-refractivity contribution in [2.45, 2.75) is 13.3 Å². The Labute approximate surface area is 178 Å². The molecule has 0 fully saturated rings. The molecule has 0 saturated carbocycles. The molecule has 0 unspecified atom stereocenters. The van der Waals surface area contributed by atoms with E-state index in [1.165, 1.54) is 4.80 Å². The second kappa shape index (κ2) is 8.23. The number of amides is 1. The highest BCUT2D eigenvalue weighted by Crippen LogP contribution is 2.35. The minimum atomic E-state index is -0.564. The van der Waals surface area contributed by atoms with E-state index >= 15 is 4.39 Å². The van der Waals surface area contributed by atoms with Crippen molar-refractivity contribution in [3.63, 3.8) is 0 Å². The number of benzene rings is 2. The number of rotatable bonds is 4. The van der Waals surface area contributed by atoms with Gasteiger partial charge in [-0.15, -0.1) is 5.10 Å². The van der Waals surface area contributed by atoms with Crippen LogP contribution in [0.2, 0.25) is 5.02 Å². The Balaban J connectivity index is 1.60. The lowest BCUT2D eigenvalue weighted by Crippen LogP contribution is -2.32. The van der Waals surface area contributed by atoms with E-state index in [0.717, 1.165) is 24.1 Å². The molecule has 1 aliphatic heterocycles. The van der Waals surface area contributed by atoms with Crippen LogP contribution in [0, 0.1) is 5.82 Å². The van der Waals surface area contributed by atoms with Gasteiger partial charge in [-0.3, -0.25) is 4.79 Å². The zero-order valence-electron chi connectivity index (χ0n) is 16.6. The van der Waals surface area contributed by atoms with Crippen molar-refractivity contribution in [3.8, 4) is 0 Å². The number of tetrazole rings is 1. The van der Waals surface area contributed by atoms with E-state index in [0.29, 0.717) is 23.6 Å². The summed E-state index contributed by atoms with van der Waals surface area (Å²) < 4.78 is 15.2. The number of halogens is 2. The molecule has 154 valence electrons. The van der Waals surface area contributed by atoms with Crippen LogP contribution in [0.4, 0.5) is 16.0 Å². The second-order valence-corrected chi connectivity index (χ2v) is 7.50. The maximum Gasteiger partial charge on any atom is 0.266 e. The monoisotopic (exact) mass is 426 g/mol. The lowest BCUT2D eigenvalue weighted by atomic mass is 9.94. The minimum absolute atomic E-state index is 0.119. The first-order valence-corrected chi connectivity index (χ1v) is 9.84. The van der Waals surface area contributed by atoms with E-state index < -0.39 is 5.82 Å². The number of aryl methyl sites for hydroxylation is 1. The zero-order valence-corrected chi connectivity index (χ0v) is 17.3. The highest BCUT2D eigenvalue weighted by atomic mass is 35.5. The molecule has 7 nitrogen and oxygen atoms in total. The summed E-state index contributed by atoms with van der Waals surface area (Å²) >= 11 is 6.29. The first-order chi connectivity index (χ1) is 14.4. The summed E-state index contributed by atoms with van der Waals surface area (Å²) in [5.74, 6) is -0.413. The first kappa shape index (κ1) is 20.0. The summed E-state index contributed by atoms with van der Waals surface area (Å²) in [4.78, 5) is 15.7. The topological polar surface area (TPSA) is 75.9 Å². The Hall–Kier alpha value is -3.26. The van der Waals surface area contributed by atoms with Crippen LogP contribution in [0.3, 0.4) is 0 Å². The van der Waals surface area contributed by atoms with E-state index in [1.807, 2.05) is 17.9 Å². The van der Waals surface area contributed by atoms with E-state index in [4.69, 9.17) is 11.6 Å². The van der Waals surface area contributed by atoms with Crippen LogP contribution in [0.1, 0.15) is 29.3 Å². The molecule has 0 aliphatic carbocycles. The summed E-state index contributed by atoms with van der Waals surface area (Å²) in [5.41, 5.74) is 3.01. The molecule has 3 aromatic rings. The summed E-state index contributed by atoms with van der Waals surface area (Å²) in [6, 6.07) is 12.0. The SMILES string of the molecule is CC1=C(c2ccc(NC(=O)c3ccccc3)c(Cl)c2F)CN(c2nnn(C)n2)CC1. The van der Waals surface area contributed by atoms with Crippen molar-refractivity contribution in [3.05, 3.63) is 70.0 Å². The Kier molecular flexibility index (Phi) is 5.50. The maximum absolute atomic E-state index is 15.2. The molecule has 9 heteroatoms. The number of nitrogens with zero attached hydrogens (tertiary/aromatic N) is 5. The average Bonchev–Trinajstić information content (AvgIpc) is 3.19. The number of nitrogens with one attached hydrogen (secondary N) is 1. The summed E-state index contributed by atoms with van der Waals surface area (Å²) in [6.07, 6.45) is 0.747. The predicted molar refractivity (Wildman–Crippen MR) is 114 cm³/mol. The van der Waals surface area contributed by atoms with Gasteiger partial charge >= 0.3 is 0 Å². The van der Waals surface area contributed by atoms with Crippen LogP contribution in [-0.4, -0.2) is 39.2 Å². The van der Waals surface area contributed by atoms with Gasteiger partial charge in [0.1, 0.15) is 5.02 Å². The molecule has 0 saturated heterocycles. The maximum atomic E-state index is 15.2.